The van der Waals surface area contributed by atoms with Crippen LogP contribution in [0.3, 0.4) is 0 Å². The molecule has 76 valence electrons. The number of alkyl halides is 2. The Morgan fingerprint density at radius 1 is 1.36 bits per heavy atom. The van der Waals surface area contributed by atoms with Gasteiger partial charge in [-0.1, -0.05) is 12.1 Å². The number of nitrogens with one attached hydrogen (secondary N) is 1. The van der Waals surface area contributed by atoms with Gasteiger partial charge in [-0.3, -0.25) is 0 Å². The average Bonchev–Trinajstić information content (AvgIpc) is 2.16. The molecule has 0 saturated carbocycles. The van der Waals surface area contributed by atoms with Crippen LogP contribution < -0.4 is 5.32 Å². The van der Waals surface area contributed by atoms with E-state index in [0.717, 1.165) is 37.6 Å². The standard InChI is InChI=1S/C11H13F2N/c1-11(12,13)9-5-4-8-3-2-6-14-10(8)7-9/h4-5,7,14H,2-3,6H2,1H3. The van der Waals surface area contributed by atoms with Crippen LogP contribution in [0.1, 0.15) is 24.5 Å². The molecule has 2 rings (SSSR count). The van der Waals surface area contributed by atoms with Crippen molar-refractivity contribution in [2.24, 2.45) is 0 Å². The van der Waals surface area contributed by atoms with Gasteiger partial charge in [-0.15, -0.1) is 0 Å². The van der Waals surface area contributed by atoms with E-state index in [1.807, 2.05) is 0 Å². The maximum atomic E-state index is 13.0. The topological polar surface area (TPSA) is 12.0 Å². The third-order valence-corrected chi connectivity index (χ3v) is 2.56. The van der Waals surface area contributed by atoms with Crippen molar-refractivity contribution < 1.29 is 8.78 Å². The summed E-state index contributed by atoms with van der Waals surface area (Å²) in [5.74, 6) is -2.74. The first-order chi connectivity index (χ1) is 6.57. The third-order valence-electron chi connectivity index (χ3n) is 2.56. The lowest BCUT2D eigenvalue weighted by Crippen LogP contribution is -2.14. The summed E-state index contributed by atoms with van der Waals surface area (Å²) in [4.78, 5) is 0. The van der Waals surface area contributed by atoms with Gasteiger partial charge in [0, 0.05) is 24.7 Å². The van der Waals surface area contributed by atoms with Crippen molar-refractivity contribution in [1.29, 1.82) is 0 Å². The maximum Gasteiger partial charge on any atom is 0.270 e. The fourth-order valence-corrected chi connectivity index (χ4v) is 1.73. The summed E-state index contributed by atoms with van der Waals surface area (Å²) in [5.41, 5.74) is 2.10. The van der Waals surface area contributed by atoms with E-state index in [1.54, 1.807) is 12.1 Å². The molecule has 1 N–H and O–H groups in total. The Balaban J connectivity index is 2.39. The molecule has 0 atom stereocenters. The summed E-state index contributed by atoms with van der Waals surface area (Å²) in [6, 6.07) is 4.88. The summed E-state index contributed by atoms with van der Waals surface area (Å²) in [6.45, 7) is 1.81. The number of aryl methyl sites for hydroxylation is 1. The van der Waals surface area contributed by atoms with Gasteiger partial charge in [0.15, 0.2) is 0 Å². The molecule has 0 spiro atoms. The predicted octanol–water partition coefficient (Wildman–Crippen LogP) is 3.16. The second-order valence-electron chi connectivity index (χ2n) is 3.79. The molecule has 1 aliphatic rings. The second kappa shape index (κ2) is 3.23. The zero-order valence-electron chi connectivity index (χ0n) is 8.11. The highest BCUT2D eigenvalue weighted by atomic mass is 19.3. The monoisotopic (exact) mass is 197 g/mol. The zero-order valence-corrected chi connectivity index (χ0v) is 8.11. The molecule has 0 aromatic heterocycles. The van der Waals surface area contributed by atoms with Crippen LogP contribution in [0.5, 0.6) is 0 Å². The van der Waals surface area contributed by atoms with Crippen LogP contribution in [0, 0.1) is 0 Å². The van der Waals surface area contributed by atoms with E-state index in [2.05, 4.69) is 5.32 Å². The van der Waals surface area contributed by atoms with E-state index in [9.17, 15) is 8.78 Å². The van der Waals surface area contributed by atoms with Crippen molar-refractivity contribution in [1.82, 2.24) is 0 Å². The largest absolute Gasteiger partial charge is 0.385 e. The molecule has 0 radical (unpaired) electrons. The lowest BCUT2D eigenvalue weighted by Gasteiger charge is -2.20. The van der Waals surface area contributed by atoms with Crippen molar-refractivity contribution >= 4 is 5.69 Å². The van der Waals surface area contributed by atoms with Crippen molar-refractivity contribution in [3.63, 3.8) is 0 Å². The number of anilines is 1. The summed E-state index contributed by atoms with van der Waals surface area (Å²) in [6.07, 6.45) is 2.06. The number of halogens is 2. The summed E-state index contributed by atoms with van der Waals surface area (Å²) < 4.78 is 26.0. The predicted molar refractivity (Wildman–Crippen MR) is 52.8 cm³/mol. The van der Waals surface area contributed by atoms with Gasteiger partial charge in [-0.25, -0.2) is 8.78 Å². The van der Waals surface area contributed by atoms with Crippen molar-refractivity contribution in [3.05, 3.63) is 29.3 Å². The molecule has 0 bridgehead atoms. The molecular weight excluding hydrogens is 184 g/mol. The van der Waals surface area contributed by atoms with Gasteiger partial charge < -0.3 is 5.32 Å². The van der Waals surface area contributed by atoms with Crippen LogP contribution in [-0.4, -0.2) is 6.54 Å². The Hall–Kier alpha value is -1.12. The van der Waals surface area contributed by atoms with Crippen LogP contribution >= 0.6 is 0 Å². The van der Waals surface area contributed by atoms with E-state index in [1.165, 1.54) is 6.07 Å². The minimum atomic E-state index is -2.74. The summed E-state index contributed by atoms with van der Waals surface area (Å²) in [5, 5.41) is 3.14. The quantitative estimate of drug-likeness (QED) is 0.729. The Labute approximate surface area is 82.1 Å². The highest BCUT2D eigenvalue weighted by Gasteiger charge is 2.25. The van der Waals surface area contributed by atoms with Gasteiger partial charge >= 0.3 is 0 Å². The van der Waals surface area contributed by atoms with E-state index in [0.29, 0.717) is 0 Å². The molecule has 0 aliphatic carbocycles. The molecule has 1 aromatic rings. The number of hydrogen-bond donors (Lipinski definition) is 1. The van der Waals surface area contributed by atoms with Crippen LogP contribution in [0.15, 0.2) is 18.2 Å². The van der Waals surface area contributed by atoms with E-state index in [4.69, 9.17) is 0 Å². The lowest BCUT2D eigenvalue weighted by atomic mass is 9.99. The van der Waals surface area contributed by atoms with Crippen LogP contribution in [0.4, 0.5) is 14.5 Å². The molecule has 0 amide bonds. The molecule has 1 aromatic carbocycles. The van der Waals surface area contributed by atoms with Gasteiger partial charge in [0.25, 0.3) is 5.92 Å². The van der Waals surface area contributed by atoms with Crippen molar-refractivity contribution in [2.75, 3.05) is 11.9 Å². The fraction of sp³-hybridized carbons (Fsp3) is 0.455. The van der Waals surface area contributed by atoms with Gasteiger partial charge in [0.2, 0.25) is 0 Å². The van der Waals surface area contributed by atoms with Crippen LogP contribution in [-0.2, 0) is 12.3 Å². The van der Waals surface area contributed by atoms with Gasteiger partial charge in [0.05, 0.1) is 0 Å². The van der Waals surface area contributed by atoms with Gasteiger partial charge in [-0.2, -0.15) is 0 Å². The Kier molecular flexibility index (Phi) is 2.17. The van der Waals surface area contributed by atoms with Crippen LogP contribution in [0.25, 0.3) is 0 Å². The molecule has 0 fully saturated rings. The molecule has 14 heavy (non-hydrogen) atoms. The lowest BCUT2D eigenvalue weighted by molar-refractivity contribution is 0.0175. The summed E-state index contributed by atoms with van der Waals surface area (Å²) in [7, 11) is 0. The van der Waals surface area contributed by atoms with Crippen molar-refractivity contribution in [2.45, 2.75) is 25.7 Å². The molecule has 3 heteroatoms. The molecule has 0 saturated heterocycles. The second-order valence-corrected chi connectivity index (χ2v) is 3.79. The maximum absolute atomic E-state index is 13.0. The minimum absolute atomic E-state index is 0.0886. The normalized spacial score (nSPS) is 15.9. The molecule has 1 nitrogen and oxygen atoms in total. The zero-order chi connectivity index (χ0) is 10.2. The first-order valence-electron chi connectivity index (χ1n) is 4.82. The van der Waals surface area contributed by atoms with Gasteiger partial charge in [0.1, 0.15) is 0 Å². The minimum Gasteiger partial charge on any atom is -0.385 e. The average molecular weight is 197 g/mol. The highest BCUT2D eigenvalue weighted by Crippen LogP contribution is 2.31. The molecule has 1 aliphatic heterocycles. The summed E-state index contributed by atoms with van der Waals surface area (Å²) >= 11 is 0. The highest BCUT2D eigenvalue weighted by molar-refractivity contribution is 5.55. The molecular formula is C11H13F2N. The number of hydrogen-bond acceptors (Lipinski definition) is 1. The smallest absolute Gasteiger partial charge is 0.270 e. The van der Waals surface area contributed by atoms with E-state index < -0.39 is 5.92 Å². The third kappa shape index (κ3) is 1.72. The van der Waals surface area contributed by atoms with Gasteiger partial charge in [-0.05, 0) is 24.5 Å². The SMILES string of the molecule is CC(F)(F)c1ccc2c(c1)NCCC2. The Morgan fingerprint density at radius 2 is 2.14 bits per heavy atom. The van der Waals surface area contributed by atoms with E-state index >= 15 is 0 Å². The first kappa shape index (κ1) is 9.44. The fourth-order valence-electron chi connectivity index (χ4n) is 1.73. The molecule has 1 heterocycles. The number of benzene rings is 1. The number of fused-ring (bicyclic) bond motifs is 1. The Morgan fingerprint density at radius 3 is 2.86 bits per heavy atom. The number of rotatable bonds is 1. The molecule has 0 unspecified atom stereocenters. The van der Waals surface area contributed by atoms with E-state index in [-0.39, 0.29) is 5.56 Å². The van der Waals surface area contributed by atoms with Crippen molar-refractivity contribution in [3.8, 4) is 0 Å². The van der Waals surface area contributed by atoms with Crippen LogP contribution in [0.2, 0.25) is 0 Å². The first-order valence-corrected chi connectivity index (χ1v) is 4.82. The Bertz CT molecular complexity index is 342.